The van der Waals surface area contributed by atoms with Crippen LogP contribution in [0.15, 0.2) is 0 Å². The Morgan fingerprint density at radius 2 is 1.62 bits per heavy atom. The summed E-state index contributed by atoms with van der Waals surface area (Å²) in [6.45, 7) is 5.51. The van der Waals surface area contributed by atoms with Gasteiger partial charge in [0, 0.05) is 19.3 Å². The van der Waals surface area contributed by atoms with Gasteiger partial charge >= 0.3 is 6.01 Å². The van der Waals surface area contributed by atoms with Crippen LogP contribution >= 0.6 is 0 Å². The zero-order chi connectivity index (χ0) is 15.7. The Bertz CT molecular complexity index is 509. The summed E-state index contributed by atoms with van der Waals surface area (Å²) in [6, 6.07) is 0.229. The van der Waals surface area contributed by atoms with Gasteiger partial charge in [0.1, 0.15) is 9.84 Å². The van der Waals surface area contributed by atoms with E-state index in [9.17, 15) is 8.42 Å². The lowest BCUT2D eigenvalue weighted by molar-refractivity contribution is 0.292. The Hall–Kier alpha value is -1.64. The van der Waals surface area contributed by atoms with Crippen molar-refractivity contribution in [3.05, 3.63) is 0 Å². The summed E-state index contributed by atoms with van der Waals surface area (Å²) in [5.41, 5.74) is 0. The van der Waals surface area contributed by atoms with E-state index in [0.717, 1.165) is 19.4 Å². The molecule has 0 aliphatic carbocycles. The molecular formula is C12H23N5O3S. The molecule has 0 spiro atoms. The van der Waals surface area contributed by atoms with Crippen molar-refractivity contribution in [2.75, 3.05) is 42.3 Å². The first-order chi connectivity index (χ1) is 9.94. The molecule has 0 unspecified atom stereocenters. The number of anilines is 2. The van der Waals surface area contributed by atoms with E-state index in [0.29, 0.717) is 18.5 Å². The molecule has 21 heavy (non-hydrogen) atoms. The molecule has 0 saturated heterocycles. The second-order valence-corrected chi connectivity index (χ2v) is 6.86. The predicted octanol–water partition coefficient (Wildman–Crippen LogP) is 0.939. The Balaban J connectivity index is 2.74. The number of aromatic nitrogens is 3. The number of rotatable bonds is 10. The Kier molecular flexibility index (Phi) is 7.13. The average molecular weight is 317 g/mol. The highest BCUT2D eigenvalue weighted by Crippen LogP contribution is 2.11. The molecule has 120 valence electrons. The van der Waals surface area contributed by atoms with Crippen LogP contribution in [0, 0.1) is 0 Å². The van der Waals surface area contributed by atoms with E-state index in [1.165, 1.54) is 6.26 Å². The molecule has 0 radical (unpaired) electrons. The van der Waals surface area contributed by atoms with Gasteiger partial charge in [0.2, 0.25) is 11.9 Å². The first-order valence-corrected chi connectivity index (χ1v) is 9.05. The lowest BCUT2D eigenvalue weighted by atomic mass is 10.5. The van der Waals surface area contributed by atoms with Crippen LogP contribution in [0.4, 0.5) is 11.9 Å². The van der Waals surface area contributed by atoms with Gasteiger partial charge in [-0.2, -0.15) is 15.0 Å². The Morgan fingerprint density at radius 1 is 1.00 bits per heavy atom. The fourth-order valence-electron chi connectivity index (χ4n) is 1.36. The third-order valence-corrected chi connectivity index (χ3v) is 3.28. The molecule has 0 atom stereocenters. The molecule has 0 saturated carbocycles. The van der Waals surface area contributed by atoms with Crippen LogP contribution in [0.25, 0.3) is 0 Å². The van der Waals surface area contributed by atoms with Crippen molar-refractivity contribution in [3.63, 3.8) is 0 Å². The topological polar surface area (TPSA) is 106 Å². The molecule has 9 heteroatoms. The maximum absolute atomic E-state index is 11.1. The molecule has 2 N–H and O–H groups in total. The normalized spacial score (nSPS) is 11.2. The molecule has 1 aromatic heterocycles. The van der Waals surface area contributed by atoms with Crippen molar-refractivity contribution in [1.29, 1.82) is 0 Å². The van der Waals surface area contributed by atoms with Crippen LogP contribution < -0.4 is 15.4 Å². The summed E-state index contributed by atoms with van der Waals surface area (Å²) in [6.07, 6.45) is 2.97. The highest BCUT2D eigenvalue weighted by molar-refractivity contribution is 7.90. The second kappa shape index (κ2) is 8.60. The minimum absolute atomic E-state index is 0.0154. The minimum Gasteiger partial charge on any atom is -0.463 e. The summed E-state index contributed by atoms with van der Waals surface area (Å²) in [4.78, 5) is 12.4. The number of nitrogens with one attached hydrogen (secondary N) is 2. The first-order valence-electron chi connectivity index (χ1n) is 6.99. The standard InChI is InChI=1S/C12H23N5O3S/c1-4-6-13-10-15-11(14-7-9-21(3,18)19)17-12(16-10)20-8-5-2/h4-9H2,1-3H3,(H2,13,14,15,16,17). The van der Waals surface area contributed by atoms with E-state index in [1.807, 2.05) is 13.8 Å². The van der Waals surface area contributed by atoms with Crippen LogP contribution in [-0.2, 0) is 9.84 Å². The number of sulfone groups is 1. The monoisotopic (exact) mass is 317 g/mol. The molecule has 0 bridgehead atoms. The predicted molar refractivity (Wildman–Crippen MR) is 82.6 cm³/mol. The quantitative estimate of drug-likeness (QED) is 0.656. The molecule has 0 aromatic carbocycles. The van der Waals surface area contributed by atoms with Crippen LogP contribution in [0.3, 0.4) is 0 Å². The number of nitrogens with zero attached hydrogens (tertiary/aromatic N) is 3. The summed E-state index contributed by atoms with van der Waals surface area (Å²) < 4.78 is 27.6. The smallest absolute Gasteiger partial charge is 0.323 e. The van der Waals surface area contributed by atoms with Gasteiger partial charge in [0.05, 0.1) is 12.4 Å². The highest BCUT2D eigenvalue weighted by atomic mass is 32.2. The molecule has 1 rings (SSSR count). The molecule has 0 amide bonds. The Morgan fingerprint density at radius 3 is 2.14 bits per heavy atom. The zero-order valence-corrected chi connectivity index (χ0v) is 13.5. The summed E-state index contributed by atoms with van der Waals surface area (Å²) >= 11 is 0. The van der Waals surface area contributed by atoms with Crippen molar-refractivity contribution in [3.8, 4) is 6.01 Å². The lowest BCUT2D eigenvalue weighted by Gasteiger charge is -2.09. The van der Waals surface area contributed by atoms with Crippen LogP contribution in [0.1, 0.15) is 26.7 Å². The second-order valence-electron chi connectivity index (χ2n) is 4.60. The number of hydrogen-bond acceptors (Lipinski definition) is 8. The van der Waals surface area contributed by atoms with Crippen molar-refractivity contribution >= 4 is 21.7 Å². The van der Waals surface area contributed by atoms with Crippen molar-refractivity contribution in [2.24, 2.45) is 0 Å². The maximum atomic E-state index is 11.1. The summed E-state index contributed by atoms with van der Waals surface area (Å²) in [5.74, 6) is 0.736. The van der Waals surface area contributed by atoms with Crippen molar-refractivity contribution in [2.45, 2.75) is 26.7 Å². The molecule has 8 nitrogen and oxygen atoms in total. The van der Waals surface area contributed by atoms with Gasteiger partial charge in [-0.3, -0.25) is 0 Å². The van der Waals surface area contributed by atoms with E-state index < -0.39 is 9.84 Å². The van der Waals surface area contributed by atoms with Gasteiger partial charge in [-0.15, -0.1) is 0 Å². The maximum Gasteiger partial charge on any atom is 0.323 e. The highest BCUT2D eigenvalue weighted by Gasteiger charge is 2.08. The Labute approximate surface area is 125 Å². The van der Waals surface area contributed by atoms with E-state index in [1.54, 1.807) is 0 Å². The van der Waals surface area contributed by atoms with Crippen molar-refractivity contribution in [1.82, 2.24) is 15.0 Å². The van der Waals surface area contributed by atoms with E-state index in [2.05, 4.69) is 25.6 Å². The number of ether oxygens (including phenoxy) is 1. The zero-order valence-electron chi connectivity index (χ0n) is 12.7. The third kappa shape index (κ3) is 7.64. The van der Waals surface area contributed by atoms with Gasteiger partial charge in [-0.05, 0) is 12.8 Å². The van der Waals surface area contributed by atoms with Gasteiger partial charge in [-0.1, -0.05) is 13.8 Å². The van der Waals surface area contributed by atoms with E-state index in [4.69, 9.17) is 4.74 Å². The molecule has 0 aliphatic heterocycles. The van der Waals surface area contributed by atoms with E-state index >= 15 is 0 Å². The molecular weight excluding hydrogens is 294 g/mol. The minimum atomic E-state index is -3.02. The number of hydrogen-bond donors (Lipinski definition) is 2. The summed E-state index contributed by atoms with van der Waals surface area (Å²) in [5, 5.41) is 5.93. The van der Waals surface area contributed by atoms with Gasteiger partial charge in [0.25, 0.3) is 0 Å². The van der Waals surface area contributed by atoms with Gasteiger partial charge in [-0.25, -0.2) is 8.42 Å². The average Bonchev–Trinajstić information content (AvgIpc) is 2.41. The van der Waals surface area contributed by atoms with Gasteiger partial charge < -0.3 is 15.4 Å². The van der Waals surface area contributed by atoms with Gasteiger partial charge in [0.15, 0.2) is 0 Å². The van der Waals surface area contributed by atoms with Crippen molar-refractivity contribution < 1.29 is 13.2 Å². The molecule has 1 aromatic rings. The first kappa shape index (κ1) is 17.4. The molecule has 0 aliphatic rings. The lowest BCUT2D eigenvalue weighted by Crippen LogP contribution is -2.17. The fraction of sp³-hybridized carbons (Fsp3) is 0.750. The SMILES string of the molecule is CCCNc1nc(NCCS(C)(=O)=O)nc(OCCC)n1. The van der Waals surface area contributed by atoms with Crippen LogP contribution in [0.2, 0.25) is 0 Å². The molecule has 0 fully saturated rings. The largest absolute Gasteiger partial charge is 0.463 e. The van der Waals surface area contributed by atoms with E-state index in [-0.39, 0.29) is 18.3 Å². The van der Waals surface area contributed by atoms with Crippen LogP contribution in [-0.4, -0.2) is 55.1 Å². The molecule has 1 heterocycles. The van der Waals surface area contributed by atoms with Crippen LogP contribution in [0.5, 0.6) is 6.01 Å². The summed E-state index contributed by atoms with van der Waals surface area (Å²) in [7, 11) is -3.02. The fourth-order valence-corrected chi connectivity index (χ4v) is 1.83. The third-order valence-electron chi connectivity index (χ3n) is 2.34.